The molecule has 2 saturated heterocycles. The van der Waals surface area contributed by atoms with Crippen LogP contribution in [0.2, 0.25) is 0 Å². The van der Waals surface area contributed by atoms with Crippen LogP contribution in [0.25, 0.3) is 0 Å². The lowest BCUT2D eigenvalue weighted by atomic mass is 9.76. The molecule has 4 rings (SSSR count). The van der Waals surface area contributed by atoms with Crippen molar-refractivity contribution in [2.45, 2.75) is 57.0 Å². The summed E-state index contributed by atoms with van der Waals surface area (Å²) in [6.45, 7) is 3.02. The number of piperidine rings is 1. The Kier molecular flexibility index (Phi) is 3.24. The molecular formula is C17H25FN2O2. The van der Waals surface area contributed by atoms with E-state index in [1.807, 2.05) is 4.90 Å². The molecule has 0 aromatic heterocycles. The zero-order valence-electron chi connectivity index (χ0n) is 13.2. The molecule has 0 bridgehead atoms. The first-order valence-electron chi connectivity index (χ1n) is 8.76. The van der Waals surface area contributed by atoms with Gasteiger partial charge in [-0.05, 0) is 50.9 Å². The molecule has 2 aliphatic carbocycles. The first kappa shape index (κ1) is 14.5. The predicted molar refractivity (Wildman–Crippen MR) is 79.9 cm³/mol. The topological polar surface area (TPSA) is 40.6 Å². The van der Waals surface area contributed by atoms with Gasteiger partial charge in [0.25, 0.3) is 5.91 Å². The van der Waals surface area contributed by atoms with E-state index in [1.165, 1.54) is 12.8 Å². The molecule has 1 spiro atoms. The van der Waals surface area contributed by atoms with E-state index in [-0.39, 0.29) is 17.2 Å². The van der Waals surface area contributed by atoms with E-state index in [1.54, 1.807) is 4.90 Å². The fourth-order valence-electron chi connectivity index (χ4n) is 4.26. The molecule has 0 aromatic rings. The second-order valence-electron chi connectivity index (χ2n) is 8.01. The summed E-state index contributed by atoms with van der Waals surface area (Å²) in [4.78, 5) is 28.2. The SMILES string of the molecule is O=C1CC2(CCN(C(=O)C3(F)CCC3)CC2)CN1CC1CC1. The third-order valence-electron chi connectivity index (χ3n) is 6.22. The van der Waals surface area contributed by atoms with Crippen LogP contribution >= 0.6 is 0 Å². The number of carbonyl (C=O) groups excluding carboxylic acids is 2. The van der Waals surface area contributed by atoms with Gasteiger partial charge in [0, 0.05) is 38.0 Å². The van der Waals surface area contributed by atoms with E-state index in [9.17, 15) is 14.0 Å². The molecule has 2 aliphatic heterocycles. The molecule has 0 aromatic carbocycles. The van der Waals surface area contributed by atoms with E-state index in [4.69, 9.17) is 0 Å². The van der Waals surface area contributed by atoms with Crippen LogP contribution < -0.4 is 0 Å². The molecule has 2 heterocycles. The Morgan fingerprint density at radius 1 is 1.18 bits per heavy atom. The number of likely N-dealkylation sites (tertiary alicyclic amines) is 2. The number of hydrogen-bond acceptors (Lipinski definition) is 2. The van der Waals surface area contributed by atoms with Crippen LogP contribution in [0.5, 0.6) is 0 Å². The number of nitrogens with zero attached hydrogens (tertiary/aromatic N) is 2. The Balaban J connectivity index is 1.35. The minimum Gasteiger partial charge on any atom is -0.342 e. The van der Waals surface area contributed by atoms with Gasteiger partial charge in [0.2, 0.25) is 5.91 Å². The maximum absolute atomic E-state index is 14.3. The molecule has 5 heteroatoms. The van der Waals surface area contributed by atoms with Crippen LogP contribution in [0, 0.1) is 11.3 Å². The molecule has 4 aliphatic rings. The highest BCUT2D eigenvalue weighted by Gasteiger charge is 2.50. The minimum atomic E-state index is -1.58. The number of alkyl halides is 1. The quantitative estimate of drug-likeness (QED) is 0.801. The van der Waals surface area contributed by atoms with Gasteiger partial charge in [-0.3, -0.25) is 9.59 Å². The summed E-state index contributed by atoms with van der Waals surface area (Å²) in [7, 11) is 0. The van der Waals surface area contributed by atoms with Crippen molar-refractivity contribution in [1.29, 1.82) is 0 Å². The zero-order valence-corrected chi connectivity index (χ0v) is 13.2. The highest BCUT2D eigenvalue weighted by atomic mass is 19.1. The molecule has 22 heavy (non-hydrogen) atoms. The van der Waals surface area contributed by atoms with Crippen LogP contribution in [0.4, 0.5) is 4.39 Å². The largest absolute Gasteiger partial charge is 0.342 e. The molecule has 0 atom stereocenters. The van der Waals surface area contributed by atoms with E-state index in [2.05, 4.69) is 0 Å². The lowest BCUT2D eigenvalue weighted by molar-refractivity contribution is -0.152. The fourth-order valence-corrected chi connectivity index (χ4v) is 4.26. The van der Waals surface area contributed by atoms with Crippen LogP contribution in [0.1, 0.15) is 51.4 Å². The van der Waals surface area contributed by atoms with Crippen molar-refractivity contribution < 1.29 is 14.0 Å². The fraction of sp³-hybridized carbons (Fsp3) is 0.882. The molecule has 4 fully saturated rings. The number of amides is 2. The van der Waals surface area contributed by atoms with Crippen molar-refractivity contribution in [3.8, 4) is 0 Å². The number of carbonyl (C=O) groups is 2. The number of rotatable bonds is 3. The van der Waals surface area contributed by atoms with Crippen molar-refractivity contribution >= 4 is 11.8 Å². The van der Waals surface area contributed by atoms with E-state index in [0.717, 1.165) is 38.3 Å². The summed E-state index contributed by atoms with van der Waals surface area (Å²) in [5.41, 5.74) is -1.53. The van der Waals surface area contributed by atoms with Crippen LogP contribution in [0.15, 0.2) is 0 Å². The second-order valence-corrected chi connectivity index (χ2v) is 8.01. The standard InChI is InChI=1S/C17H25FN2O2/c18-17(4-1-5-17)15(22)19-8-6-16(7-9-19)10-14(21)20(12-16)11-13-2-3-13/h13H,1-12H2. The first-order valence-corrected chi connectivity index (χ1v) is 8.76. The van der Waals surface area contributed by atoms with Crippen molar-refractivity contribution in [2.75, 3.05) is 26.2 Å². The molecular weight excluding hydrogens is 283 g/mol. The lowest BCUT2D eigenvalue weighted by Gasteiger charge is -2.43. The van der Waals surface area contributed by atoms with Gasteiger partial charge in [-0.1, -0.05) is 0 Å². The van der Waals surface area contributed by atoms with Crippen LogP contribution in [-0.4, -0.2) is 53.5 Å². The van der Waals surface area contributed by atoms with Gasteiger partial charge in [-0.2, -0.15) is 0 Å². The molecule has 0 N–H and O–H groups in total. The van der Waals surface area contributed by atoms with Crippen molar-refractivity contribution in [1.82, 2.24) is 9.80 Å². The zero-order chi connectivity index (χ0) is 15.4. The smallest absolute Gasteiger partial charge is 0.260 e. The van der Waals surface area contributed by atoms with Gasteiger partial charge in [0.1, 0.15) is 0 Å². The van der Waals surface area contributed by atoms with Gasteiger partial charge in [-0.25, -0.2) is 4.39 Å². The van der Waals surface area contributed by atoms with E-state index >= 15 is 0 Å². The Morgan fingerprint density at radius 3 is 2.41 bits per heavy atom. The van der Waals surface area contributed by atoms with Crippen molar-refractivity contribution in [2.24, 2.45) is 11.3 Å². The summed E-state index contributed by atoms with van der Waals surface area (Å²) in [5, 5.41) is 0. The summed E-state index contributed by atoms with van der Waals surface area (Å²) in [6, 6.07) is 0. The summed E-state index contributed by atoms with van der Waals surface area (Å²) >= 11 is 0. The monoisotopic (exact) mass is 308 g/mol. The Hall–Kier alpha value is -1.13. The van der Waals surface area contributed by atoms with E-state index in [0.29, 0.717) is 32.4 Å². The molecule has 0 unspecified atom stereocenters. The maximum atomic E-state index is 14.3. The molecule has 2 amide bonds. The summed E-state index contributed by atoms with van der Waals surface area (Å²) < 4.78 is 14.3. The van der Waals surface area contributed by atoms with Crippen LogP contribution in [-0.2, 0) is 9.59 Å². The molecule has 4 nitrogen and oxygen atoms in total. The summed E-state index contributed by atoms with van der Waals surface area (Å²) in [5.74, 6) is 0.714. The van der Waals surface area contributed by atoms with Crippen molar-refractivity contribution in [3.63, 3.8) is 0 Å². The van der Waals surface area contributed by atoms with Gasteiger partial charge < -0.3 is 9.80 Å². The Bertz CT molecular complexity index is 491. The number of hydrogen-bond donors (Lipinski definition) is 0. The third-order valence-corrected chi connectivity index (χ3v) is 6.22. The van der Waals surface area contributed by atoms with Gasteiger partial charge in [0.05, 0.1) is 0 Å². The van der Waals surface area contributed by atoms with Gasteiger partial charge in [-0.15, -0.1) is 0 Å². The molecule has 2 saturated carbocycles. The Morgan fingerprint density at radius 2 is 1.86 bits per heavy atom. The van der Waals surface area contributed by atoms with E-state index < -0.39 is 5.67 Å². The predicted octanol–water partition coefficient (Wildman–Crippen LogP) is 2.13. The highest BCUT2D eigenvalue weighted by Crippen LogP contribution is 2.44. The first-order chi connectivity index (χ1) is 10.5. The molecule has 0 radical (unpaired) electrons. The minimum absolute atomic E-state index is 0.0475. The average molecular weight is 308 g/mol. The highest BCUT2D eigenvalue weighted by molar-refractivity contribution is 5.86. The van der Waals surface area contributed by atoms with Crippen molar-refractivity contribution in [3.05, 3.63) is 0 Å². The second kappa shape index (κ2) is 4.93. The third kappa shape index (κ3) is 2.42. The molecule has 122 valence electrons. The normalized spacial score (nSPS) is 29.8. The number of halogens is 1. The van der Waals surface area contributed by atoms with Gasteiger partial charge >= 0.3 is 0 Å². The average Bonchev–Trinajstić information content (AvgIpc) is 3.23. The maximum Gasteiger partial charge on any atom is 0.260 e. The van der Waals surface area contributed by atoms with Crippen LogP contribution in [0.3, 0.4) is 0 Å². The van der Waals surface area contributed by atoms with Gasteiger partial charge in [0.15, 0.2) is 5.67 Å². The Labute approximate surface area is 131 Å². The summed E-state index contributed by atoms with van der Waals surface area (Å²) in [6.07, 6.45) is 6.45. The lowest BCUT2D eigenvalue weighted by Crippen LogP contribution is -2.54.